The normalized spacial score (nSPS) is 12.3. The van der Waals surface area contributed by atoms with E-state index in [-0.39, 0.29) is 0 Å². The number of hydrogen-bond donors (Lipinski definition) is 1. The number of nitrogens with one attached hydrogen (secondary N) is 1. The summed E-state index contributed by atoms with van der Waals surface area (Å²) in [6.07, 6.45) is 9.49. The number of unbranched alkanes of at least 4 members (excludes halogenated alkanes) is 1. The summed E-state index contributed by atoms with van der Waals surface area (Å²) in [7, 11) is 2.03. The lowest BCUT2D eigenvalue weighted by molar-refractivity contribution is 0.537. The molecule has 1 unspecified atom stereocenters. The molecule has 0 bridgehead atoms. The quantitative estimate of drug-likeness (QED) is 0.573. The van der Waals surface area contributed by atoms with Crippen molar-refractivity contribution in [2.24, 2.45) is 0 Å². The van der Waals surface area contributed by atoms with Gasteiger partial charge in [0.05, 0.1) is 0 Å². The fourth-order valence-electron chi connectivity index (χ4n) is 1.76. The first-order valence-electron chi connectivity index (χ1n) is 5.50. The van der Waals surface area contributed by atoms with Crippen LogP contribution in [0.25, 0.3) is 0 Å². The summed E-state index contributed by atoms with van der Waals surface area (Å²) in [6, 6.07) is 2.71. The van der Waals surface area contributed by atoms with E-state index in [4.69, 9.17) is 6.42 Å². The number of thiophene rings is 1. The maximum atomic E-state index is 5.26. The van der Waals surface area contributed by atoms with Gasteiger partial charge >= 0.3 is 0 Å². The topological polar surface area (TPSA) is 12.0 Å². The Hall–Kier alpha value is -0.780. The van der Waals surface area contributed by atoms with Crippen LogP contribution in [0.2, 0.25) is 0 Å². The van der Waals surface area contributed by atoms with E-state index >= 15 is 0 Å². The van der Waals surface area contributed by atoms with Gasteiger partial charge in [-0.05, 0) is 43.3 Å². The van der Waals surface area contributed by atoms with E-state index in [0.717, 1.165) is 25.7 Å². The fourth-order valence-corrected chi connectivity index (χ4v) is 2.90. The Morgan fingerprint density at radius 1 is 1.60 bits per heavy atom. The third kappa shape index (κ3) is 3.37. The molecular weight excluding hydrogens is 202 g/mol. The first-order chi connectivity index (χ1) is 7.33. The Labute approximate surface area is 96.9 Å². The zero-order valence-corrected chi connectivity index (χ0v) is 10.4. The summed E-state index contributed by atoms with van der Waals surface area (Å²) in [5.41, 5.74) is 1.47. The van der Waals surface area contributed by atoms with Crippen molar-refractivity contribution < 1.29 is 0 Å². The molecule has 0 aliphatic carbocycles. The Kier molecular flexibility index (Phi) is 5.45. The molecule has 0 aliphatic rings. The van der Waals surface area contributed by atoms with Crippen molar-refractivity contribution in [2.45, 2.75) is 38.6 Å². The molecule has 82 valence electrons. The lowest BCUT2D eigenvalue weighted by atomic mass is 10.0. The summed E-state index contributed by atoms with van der Waals surface area (Å²) >= 11 is 1.85. The van der Waals surface area contributed by atoms with E-state index in [1.165, 1.54) is 10.4 Å². The summed E-state index contributed by atoms with van der Waals surface area (Å²) in [5.74, 6) is 2.70. The Bertz CT molecular complexity index is 322. The molecule has 1 heterocycles. The summed E-state index contributed by atoms with van der Waals surface area (Å²) in [6.45, 7) is 2.21. The van der Waals surface area contributed by atoms with Gasteiger partial charge in [-0.2, -0.15) is 0 Å². The van der Waals surface area contributed by atoms with E-state index in [2.05, 4.69) is 29.6 Å². The Balaban J connectivity index is 2.62. The third-order valence-electron chi connectivity index (χ3n) is 2.64. The molecule has 0 saturated heterocycles. The van der Waals surface area contributed by atoms with Gasteiger partial charge in [-0.15, -0.1) is 23.7 Å². The average Bonchev–Trinajstić information content (AvgIpc) is 2.72. The second kappa shape index (κ2) is 6.66. The number of terminal acetylenes is 1. The molecule has 15 heavy (non-hydrogen) atoms. The van der Waals surface area contributed by atoms with Crippen LogP contribution in [0.5, 0.6) is 0 Å². The largest absolute Gasteiger partial charge is 0.312 e. The van der Waals surface area contributed by atoms with Crippen LogP contribution in [-0.2, 0) is 6.42 Å². The molecule has 0 saturated carbocycles. The molecule has 0 fully saturated rings. The van der Waals surface area contributed by atoms with Crippen LogP contribution in [0.1, 0.15) is 42.7 Å². The van der Waals surface area contributed by atoms with Crippen LogP contribution in [0.3, 0.4) is 0 Å². The molecule has 0 radical (unpaired) electrons. The summed E-state index contributed by atoms with van der Waals surface area (Å²) < 4.78 is 0. The number of rotatable bonds is 6. The van der Waals surface area contributed by atoms with E-state index in [1.807, 2.05) is 18.4 Å². The molecule has 1 atom stereocenters. The minimum atomic E-state index is 0.480. The number of hydrogen-bond acceptors (Lipinski definition) is 2. The van der Waals surface area contributed by atoms with Crippen LogP contribution < -0.4 is 5.32 Å². The van der Waals surface area contributed by atoms with E-state index in [0.29, 0.717) is 6.04 Å². The third-order valence-corrected chi connectivity index (χ3v) is 3.71. The van der Waals surface area contributed by atoms with Crippen molar-refractivity contribution in [2.75, 3.05) is 7.05 Å². The molecule has 0 aromatic carbocycles. The zero-order chi connectivity index (χ0) is 11.1. The van der Waals surface area contributed by atoms with Gasteiger partial charge in [0.25, 0.3) is 0 Å². The minimum absolute atomic E-state index is 0.480. The highest BCUT2D eigenvalue weighted by Gasteiger charge is 2.13. The second-order valence-corrected chi connectivity index (χ2v) is 4.55. The maximum Gasteiger partial charge on any atom is 0.0415 e. The summed E-state index contributed by atoms with van der Waals surface area (Å²) in [4.78, 5) is 1.48. The molecule has 0 spiro atoms. The molecule has 1 aromatic heterocycles. The molecule has 1 nitrogen and oxygen atoms in total. The van der Waals surface area contributed by atoms with Crippen molar-refractivity contribution in [3.05, 3.63) is 21.9 Å². The van der Waals surface area contributed by atoms with Crippen molar-refractivity contribution in [1.29, 1.82) is 0 Å². The SMILES string of the molecule is C#CCCCC(NC)c1sccc1CC. The van der Waals surface area contributed by atoms with Gasteiger partial charge in [-0.25, -0.2) is 0 Å². The first kappa shape index (κ1) is 12.3. The van der Waals surface area contributed by atoms with Crippen molar-refractivity contribution >= 4 is 11.3 Å². The molecular formula is C13H19NS. The Morgan fingerprint density at radius 3 is 3.00 bits per heavy atom. The first-order valence-corrected chi connectivity index (χ1v) is 6.38. The second-order valence-electron chi connectivity index (χ2n) is 3.60. The van der Waals surface area contributed by atoms with Crippen molar-refractivity contribution in [3.8, 4) is 12.3 Å². The molecule has 1 N–H and O–H groups in total. The monoisotopic (exact) mass is 221 g/mol. The molecule has 1 aromatic rings. The molecule has 2 heteroatoms. The van der Waals surface area contributed by atoms with Crippen LogP contribution >= 0.6 is 11.3 Å². The van der Waals surface area contributed by atoms with Gasteiger partial charge in [-0.3, -0.25) is 0 Å². The lowest BCUT2D eigenvalue weighted by Gasteiger charge is -2.15. The highest BCUT2D eigenvalue weighted by atomic mass is 32.1. The van der Waals surface area contributed by atoms with Gasteiger partial charge in [0.15, 0.2) is 0 Å². The zero-order valence-electron chi connectivity index (χ0n) is 9.55. The van der Waals surface area contributed by atoms with Gasteiger partial charge in [0.1, 0.15) is 0 Å². The van der Waals surface area contributed by atoms with Gasteiger partial charge < -0.3 is 5.32 Å². The predicted octanol–water partition coefficient (Wildman–Crippen LogP) is 3.37. The smallest absolute Gasteiger partial charge is 0.0415 e. The van der Waals surface area contributed by atoms with Crippen molar-refractivity contribution in [3.63, 3.8) is 0 Å². The average molecular weight is 221 g/mol. The van der Waals surface area contributed by atoms with E-state index in [1.54, 1.807) is 0 Å². The highest BCUT2D eigenvalue weighted by molar-refractivity contribution is 7.10. The summed E-state index contributed by atoms with van der Waals surface area (Å²) in [5, 5.41) is 5.56. The Morgan fingerprint density at radius 2 is 2.40 bits per heavy atom. The molecule has 0 aliphatic heterocycles. The molecule has 0 amide bonds. The fraction of sp³-hybridized carbons (Fsp3) is 0.538. The maximum absolute atomic E-state index is 5.26. The lowest BCUT2D eigenvalue weighted by Crippen LogP contribution is -2.16. The number of aryl methyl sites for hydroxylation is 1. The van der Waals surface area contributed by atoms with Crippen LogP contribution in [-0.4, -0.2) is 7.05 Å². The minimum Gasteiger partial charge on any atom is -0.312 e. The highest BCUT2D eigenvalue weighted by Crippen LogP contribution is 2.28. The van der Waals surface area contributed by atoms with Crippen LogP contribution in [0.15, 0.2) is 11.4 Å². The molecule has 1 rings (SSSR count). The predicted molar refractivity (Wildman–Crippen MR) is 68.2 cm³/mol. The van der Waals surface area contributed by atoms with Crippen LogP contribution in [0.4, 0.5) is 0 Å². The van der Waals surface area contributed by atoms with E-state index in [9.17, 15) is 0 Å². The van der Waals surface area contributed by atoms with E-state index < -0.39 is 0 Å². The van der Waals surface area contributed by atoms with Crippen LogP contribution in [0, 0.1) is 12.3 Å². The standard InChI is InChI=1S/C13H19NS/c1-4-6-7-8-12(14-3)13-11(5-2)9-10-15-13/h1,9-10,12,14H,5-8H2,2-3H3. The van der Waals surface area contributed by atoms with Gasteiger partial charge in [0, 0.05) is 17.3 Å². The van der Waals surface area contributed by atoms with Gasteiger partial charge in [-0.1, -0.05) is 6.92 Å². The van der Waals surface area contributed by atoms with Gasteiger partial charge in [0.2, 0.25) is 0 Å². The van der Waals surface area contributed by atoms with Crippen molar-refractivity contribution in [1.82, 2.24) is 5.32 Å².